The summed E-state index contributed by atoms with van der Waals surface area (Å²) < 4.78 is 15.0. The van der Waals surface area contributed by atoms with Crippen LogP contribution in [0.5, 0.6) is 0 Å². The first kappa shape index (κ1) is 38.8. The highest BCUT2D eigenvalue weighted by molar-refractivity contribution is 7.14. The van der Waals surface area contributed by atoms with E-state index in [-0.39, 0.29) is 68.9 Å². The zero-order valence-electron chi connectivity index (χ0n) is 29.0. The summed E-state index contributed by atoms with van der Waals surface area (Å²) in [6.07, 6.45) is 1.17. The van der Waals surface area contributed by atoms with Crippen molar-refractivity contribution in [1.82, 2.24) is 15.3 Å². The van der Waals surface area contributed by atoms with Crippen LogP contribution in [0.3, 0.4) is 0 Å². The van der Waals surface area contributed by atoms with E-state index in [1.54, 1.807) is 47.6 Å². The Balaban J connectivity index is 1.79. The number of carbonyl (C=O) groups excluding carboxylic acids is 6. The molecule has 3 N–H and O–H groups in total. The molecule has 2 aromatic rings. The molecule has 0 aliphatic carbocycles. The quantitative estimate of drug-likeness (QED) is 0.157. The lowest BCUT2D eigenvalue weighted by atomic mass is 9.90. The summed E-state index contributed by atoms with van der Waals surface area (Å²) >= 11 is 1.24. The third-order valence-electron chi connectivity index (χ3n) is 7.63. The zero-order chi connectivity index (χ0) is 36.5. The van der Waals surface area contributed by atoms with Crippen LogP contribution in [0.15, 0.2) is 10.9 Å². The lowest BCUT2D eigenvalue weighted by molar-refractivity contribution is -0.153. The predicted octanol–water partition coefficient (Wildman–Crippen LogP) is 2.83. The van der Waals surface area contributed by atoms with E-state index in [1.807, 2.05) is 6.92 Å². The number of fused-ring (bicyclic) bond motifs is 1. The third-order valence-corrected chi connectivity index (χ3v) is 8.93. The maximum Gasteiger partial charge on any atom is 0.397 e. The number of ether oxygens (including phenoxy) is 3. The summed E-state index contributed by atoms with van der Waals surface area (Å²) in [5.41, 5.74) is -0.305. The van der Waals surface area contributed by atoms with Crippen LogP contribution in [0.25, 0.3) is 0 Å². The van der Waals surface area contributed by atoms with Gasteiger partial charge in [-0.25, -0.2) is 9.59 Å². The van der Waals surface area contributed by atoms with Gasteiger partial charge >= 0.3 is 23.8 Å². The van der Waals surface area contributed by atoms with E-state index < -0.39 is 52.6 Å². The minimum Gasteiger partial charge on any atom is -0.466 e. The van der Waals surface area contributed by atoms with E-state index in [1.165, 1.54) is 11.3 Å². The monoisotopic (exact) mass is 703 g/mol. The van der Waals surface area contributed by atoms with Gasteiger partial charge in [0.1, 0.15) is 11.9 Å². The number of amides is 3. The van der Waals surface area contributed by atoms with Crippen LogP contribution in [0.1, 0.15) is 86.5 Å². The molecule has 1 aliphatic heterocycles. The molecule has 0 unspecified atom stereocenters. The molecular formula is C33H45N5O10S. The number of rotatable bonds is 13. The maximum atomic E-state index is 13.2. The fourth-order valence-electron chi connectivity index (χ4n) is 5.05. The van der Waals surface area contributed by atoms with Crippen molar-refractivity contribution in [2.45, 2.75) is 86.6 Å². The predicted molar refractivity (Wildman–Crippen MR) is 180 cm³/mol. The standard InChI is InChI=1S/C33H45N5O10S/c1-8-46-24(39)14-12-21(29(43)47-9-2)34-27(41)23-15-18(4)22(49-23)13-11-19-16-20-25(38(17-19)28(42)30(44)48-10-3)35-32(36-26(20)40)37-31(45)33(5,6)7/h15,19,21H,8-14,16-17H2,1-7H3,(H,34,41)(H2,35,36,37,40,45)/t19-,21-/m0/s1. The Kier molecular flexibility index (Phi) is 13.6. The molecule has 0 bridgehead atoms. The van der Waals surface area contributed by atoms with Gasteiger partial charge in [-0.2, -0.15) is 4.98 Å². The molecule has 0 radical (unpaired) electrons. The minimum absolute atomic E-state index is 0.0171. The second kappa shape index (κ2) is 17.2. The first-order valence-electron chi connectivity index (χ1n) is 16.2. The molecule has 3 amide bonds. The van der Waals surface area contributed by atoms with Gasteiger partial charge in [0, 0.05) is 23.3 Å². The number of anilines is 2. The van der Waals surface area contributed by atoms with Crippen molar-refractivity contribution in [2.75, 3.05) is 36.6 Å². The molecule has 2 aromatic heterocycles. The smallest absolute Gasteiger partial charge is 0.397 e. The number of aryl methyl sites for hydroxylation is 2. The van der Waals surface area contributed by atoms with E-state index in [2.05, 4.69) is 20.6 Å². The molecule has 1 aliphatic rings. The molecule has 0 spiro atoms. The highest BCUT2D eigenvalue weighted by Gasteiger charge is 2.36. The molecule has 0 saturated heterocycles. The number of H-pyrrole nitrogens is 1. The van der Waals surface area contributed by atoms with E-state index in [0.29, 0.717) is 17.7 Å². The summed E-state index contributed by atoms with van der Waals surface area (Å²) in [5, 5.41) is 5.24. The Morgan fingerprint density at radius 3 is 2.37 bits per heavy atom. The number of esters is 3. The zero-order valence-corrected chi connectivity index (χ0v) is 29.8. The van der Waals surface area contributed by atoms with E-state index in [0.717, 1.165) is 15.3 Å². The molecule has 0 aromatic carbocycles. The number of hydrogen-bond donors (Lipinski definition) is 3. The number of thiophene rings is 1. The number of aromatic amines is 1. The fraction of sp³-hybridized carbons (Fsp3) is 0.576. The average Bonchev–Trinajstić information content (AvgIpc) is 3.41. The van der Waals surface area contributed by atoms with Gasteiger partial charge in [-0.3, -0.25) is 39.2 Å². The summed E-state index contributed by atoms with van der Waals surface area (Å²) in [5.74, 6) is -4.54. The molecule has 3 rings (SSSR count). The maximum absolute atomic E-state index is 13.2. The van der Waals surface area contributed by atoms with E-state index in [9.17, 15) is 33.6 Å². The lowest BCUT2D eigenvalue weighted by Gasteiger charge is -2.32. The van der Waals surface area contributed by atoms with Crippen molar-refractivity contribution in [3.05, 3.63) is 37.3 Å². The minimum atomic E-state index is -1.09. The van der Waals surface area contributed by atoms with Gasteiger partial charge in [0.25, 0.3) is 11.5 Å². The summed E-state index contributed by atoms with van der Waals surface area (Å²) in [6.45, 7) is 12.2. The molecule has 16 heteroatoms. The normalized spacial score (nSPS) is 14.7. The van der Waals surface area contributed by atoms with E-state index >= 15 is 0 Å². The summed E-state index contributed by atoms with van der Waals surface area (Å²) in [4.78, 5) is 98.3. The van der Waals surface area contributed by atoms with Gasteiger partial charge in [0.2, 0.25) is 11.9 Å². The van der Waals surface area contributed by atoms with Gasteiger partial charge in [0.05, 0.1) is 30.3 Å². The van der Waals surface area contributed by atoms with Crippen molar-refractivity contribution in [1.29, 1.82) is 0 Å². The summed E-state index contributed by atoms with van der Waals surface area (Å²) in [6, 6.07) is 0.666. The molecule has 15 nitrogen and oxygen atoms in total. The highest BCUT2D eigenvalue weighted by Crippen LogP contribution is 2.31. The molecular weight excluding hydrogens is 658 g/mol. The second-order valence-corrected chi connectivity index (χ2v) is 13.6. The lowest BCUT2D eigenvalue weighted by Crippen LogP contribution is -2.46. The van der Waals surface area contributed by atoms with Crippen LogP contribution in [0, 0.1) is 18.3 Å². The summed E-state index contributed by atoms with van der Waals surface area (Å²) in [7, 11) is 0. The Bertz CT molecular complexity index is 1630. The largest absolute Gasteiger partial charge is 0.466 e. The van der Waals surface area contributed by atoms with Crippen molar-refractivity contribution in [2.24, 2.45) is 11.3 Å². The Morgan fingerprint density at radius 1 is 1.06 bits per heavy atom. The van der Waals surface area contributed by atoms with Gasteiger partial charge in [-0.1, -0.05) is 20.8 Å². The van der Waals surface area contributed by atoms with Crippen molar-refractivity contribution >= 4 is 58.7 Å². The van der Waals surface area contributed by atoms with E-state index in [4.69, 9.17) is 14.2 Å². The van der Waals surface area contributed by atoms with Crippen LogP contribution >= 0.6 is 11.3 Å². The number of aromatic nitrogens is 2. The molecule has 268 valence electrons. The number of nitrogens with one attached hydrogen (secondary N) is 3. The van der Waals surface area contributed by atoms with Crippen LogP contribution in [0.4, 0.5) is 11.8 Å². The molecule has 49 heavy (non-hydrogen) atoms. The SMILES string of the molecule is CCOC(=O)CC[C@H](NC(=O)c1cc(C)c(CC[C@H]2Cc3c(nc(NC(=O)C(C)(C)C)[nH]c3=O)N(C(=O)C(=O)OCC)C2)s1)C(=O)OCC. The van der Waals surface area contributed by atoms with Gasteiger partial charge < -0.3 is 19.5 Å². The van der Waals surface area contributed by atoms with Crippen molar-refractivity contribution in [3.63, 3.8) is 0 Å². The number of hydrogen-bond acceptors (Lipinski definition) is 12. The van der Waals surface area contributed by atoms with Crippen molar-refractivity contribution < 1.29 is 43.0 Å². The molecule has 0 fully saturated rings. The van der Waals surface area contributed by atoms with Gasteiger partial charge in [0.15, 0.2) is 0 Å². The Morgan fingerprint density at radius 2 is 1.73 bits per heavy atom. The highest BCUT2D eigenvalue weighted by atomic mass is 32.1. The Labute approximate surface area is 288 Å². The van der Waals surface area contributed by atoms with Crippen LogP contribution in [0.2, 0.25) is 0 Å². The van der Waals surface area contributed by atoms with Crippen LogP contribution in [-0.2, 0) is 51.0 Å². The average molecular weight is 704 g/mol. The second-order valence-electron chi connectivity index (χ2n) is 12.5. The topological polar surface area (TPSA) is 203 Å². The number of carbonyl (C=O) groups is 6. The van der Waals surface area contributed by atoms with Crippen LogP contribution < -0.4 is 21.1 Å². The first-order chi connectivity index (χ1) is 23.1. The Hall–Kier alpha value is -4.60. The van der Waals surface area contributed by atoms with Gasteiger partial charge in [-0.05, 0) is 70.9 Å². The number of nitrogens with zero attached hydrogens (tertiary/aromatic N) is 2. The third kappa shape index (κ3) is 10.4. The first-order valence-corrected chi connectivity index (χ1v) is 17.1. The van der Waals surface area contributed by atoms with Crippen LogP contribution in [-0.4, -0.2) is 78.0 Å². The van der Waals surface area contributed by atoms with Gasteiger partial charge in [-0.15, -0.1) is 11.3 Å². The fourth-order valence-corrected chi connectivity index (χ4v) is 6.14. The molecule has 2 atom stereocenters. The molecule has 3 heterocycles. The van der Waals surface area contributed by atoms with Crippen molar-refractivity contribution in [3.8, 4) is 0 Å². The molecule has 0 saturated carbocycles.